The lowest BCUT2D eigenvalue weighted by molar-refractivity contribution is 0.632. The Morgan fingerprint density at radius 1 is 0.557 bits per heavy atom. The normalized spacial score (nSPS) is 15.7. The lowest BCUT2D eigenvalue weighted by atomic mass is 9.73. The van der Waals surface area contributed by atoms with Crippen LogP contribution in [0.25, 0.3) is 86.9 Å². The van der Waals surface area contributed by atoms with Crippen LogP contribution in [0.2, 0.25) is 0 Å². The summed E-state index contributed by atoms with van der Waals surface area (Å²) in [5, 5.41) is 9.01. The molecule has 11 aromatic rings. The molecule has 14 rings (SSSR count). The van der Waals surface area contributed by atoms with Crippen molar-refractivity contribution in [2.75, 3.05) is 4.90 Å². The molecule has 3 heterocycles. The summed E-state index contributed by atoms with van der Waals surface area (Å²) in [4.78, 5) is 7.68. The van der Waals surface area contributed by atoms with Gasteiger partial charge in [-0.25, -0.2) is 4.98 Å². The van der Waals surface area contributed by atoms with Crippen molar-refractivity contribution in [3.63, 3.8) is 0 Å². The van der Waals surface area contributed by atoms with Crippen LogP contribution in [-0.2, 0) is 11.8 Å². The molecule has 1 unspecified atom stereocenters. The van der Waals surface area contributed by atoms with E-state index in [1.165, 1.54) is 110 Å². The van der Waals surface area contributed by atoms with Crippen molar-refractivity contribution in [3.05, 3.63) is 228 Å². The number of nitrogens with zero attached hydrogens (tertiary/aromatic N) is 3. The molecular weight excluding hydrogens is 867 g/mol. The van der Waals surface area contributed by atoms with Gasteiger partial charge in [-0.3, -0.25) is 0 Å². The summed E-state index contributed by atoms with van der Waals surface area (Å²) in [6.07, 6.45) is 15.0. The van der Waals surface area contributed by atoms with E-state index in [0.29, 0.717) is 0 Å². The smallest absolute Gasteiger partial charge is 0.124 e. The molecule has 1 aliphatic heterocycles. The van der Waals surface area contributed by atoms with Crippen molar-refractivity contribution in [3.8, 4) is 21.7 Å². The average Bonchev–Trinajstić information content (AvgIpc) is 3.99. The third-order valence-corrected chi connectivity index (χ3v) is 16.2. The molecule has 3 nitrogen and oxygen atoms in total. The van der Waals surface area contributed by atoms with Crippen molar-refractivity contribution < 1.29 is 0 Å². The van der Waals surface area contributed by atoms with Gasteiger partial charge < -0.3 is 9.47 Å². The summed E-state index contributed by atoms with van der Waals surface area (Å²) < 4.78 is 3.79. The molecule has 70 heavy (non-hydrogen) atoms. The topological polar surface area (TPSA) is 21.1 Å². The zero-order chi connectivity index (χ0) is 47.1. The predicted octanol–water partition coefficient (Wildman–Crippen LogP) is 18.7. The molecule has 2 aliphatic carbocycles. The first kappa shape index (κ1) is 42.3. The van der Waals surface area contributed by atoms with Crippen LogP contribution in [0.3, 0.4) is 0 Å². The second kappa shape index (κ2) is 16.7. The van der Waals surface area contributed by atoms with E-state index in [9.17, 15) is 0 Å². The summed E-state index contributed by atoms with van der Waals surface area (Å²) >= 11 is 1.78. The number of allylic oxidation sites excluding steroid dienone is 5. The molecule has 0 bridgehead atoms. The van der Waals surface area contributed by atoms with Crippen LogP contribution >= 0.6 is 11.3 Å². The molecule has 0 spiro atoms. The number of anilines is 3. The van der Waals surface area contributed by atoms with Gasteiger partial charge >= 0.3 is 0 Å². The SMILES string of the molecule is CC.CC1(C)c2ccccc2N(c2ccccc2)c2ccc(-c3ccc4c(c3)c3cc5sc(-c6ccccc6)nc5cc3n4C3C=CC(c4ccc5c6c(c7ccccc7c5c4)CCC=C6)=CC3)cc21. The number of aromatic nitrogens is 2. The quantitative estimate of drug-likeness (QED) is 0.160. The Morgan fingerprint density at radius 3 is 2.09 bits per heavy atom. The second-order valence-electron chi connectivity index (χ2n) is 19.3. The first-order valence-electron chi connectivity index (χ1n) is 25.0. The monoisotopic (exact) mass is 919 g/mol. The molecule has 1 atom stereocenters. The van der Waals surface area contributed by atoms with Crippen LogP contribution in [0.1, 0.15) is 74.4 Å². The number of fused-ring (bicyclic) bond motifs is 12. The highest BCUT2D eigenvalue weighted by atomic mass is 32.1. The molecule has 338 valence electrons. The average molecular weight is 920 g/mol. The number of hydrogen-bond donors (Lipinski definition) is 0. The van der Waals surface area contributed by atoms with Gasteiger partial charge in [-0.05, 0) is 146 Å². The highest BCUT2D eigenvalue weighted by Gasteiger charge is 2.37. The number of aryl methyl sites for hydroxylation is 1. The Labute approximate surface area is 414 Å². The molecule has 0 N–H and O–H groups in total. The fourth-order valence-corrected chi connectivity index (χ4v) is 12.8. The Kier molecular flexibility index (Phi) is 10.1. The first-order chi connectivity index (χ1) is 34.5. The van der Waals surface area contributed by atoms with E-state index < -0.39 is 0 Å². The summed E-state index contributed by atoms with van der Waals surface area (Å²) in [5.41, 5.74) is 18.6. The first-order valence-corrected chi connectivity index (χ1v) is 25.8. The van der Waals surface area contributed by atoms with Gasteiger partial charge in [0.1, 0.15) is 5.01 Å². The van der Waals surface area contributed by atoms with E-state index in [1.54, 1.807) is 11.3 Å². The van der Waals surface area contributed by atoms with Crippen LogP contribution in [-0.4, -0.2) is 9.55 Å². The van der Waals surface area contributed by atoms with Crippen molar-refractivity contribution in [1.29, 1.82) is 0 Å². The van der Waals surface area contributed by atoms with E-state index in [0.717, 1.165) is 35.4 Å². The fraction of sp³-hybridized carbons (Fsp3) is 0.136. The standard InChI is InChI=1S/C64H47N3S.C2H6/c1-64(2)55-23-13-14-24-59(55)67(45-17-7-4-8-18-45)60-34-29-44(37-56(60)64)43-28-33-58-53(36-43)54-38-62-57(65-63(68-62)41-15-5-3-6-16-41)39-61(54)66(58)46-30-25-40(26-31-46)42-27-32-51-49-21-10-9-19-47(49)48-20-11-12-22-50(48)52(51)35-42;1-2/h3-8,10-18,20-30,32-39,46H,9,19,31H2,1-2H3;1-2H3. The lowest BCUT2D eigenvalue weighted by Gasteiger charge is -2.42. The van der Waals surface area contributed by atoms with E-state index in [-0.39, 0.29) is 11.5 Å². The lowest BCUT2D eigenvalue weighted by Crippen LogP contribution is -2.30. The third kappa shape index (κ3) is 6.65. The second-order valence-corrected chi connectivity index (χ2v) is 20.4. The minimum atomic E-state index is -0.196. The third-order valence-electron chi connectivity index (χ3n) is 15.2. The van der Waals surface area contributed by atoms with E-state index in [2.05, 4.69) is 230 Å². The van der Waals surface area contributed by atoms with Gasteiger partial charge in [0.25, 0.3) is 0 Å². The van der Waals surface area contributed by atoms with Gasteiger partial charge in [0.2, 0.25) is 0 Å². The van der Waals surface area contributed by atoms with Crippen molar-refractivity contribution in [1.82, 2.24) is 9.55 Å². The molecule has 3 aliphatic rings. The molecule has 0 saturated heterocycles. The number of rotatable bonds is 5. The molecule has 0 radical (unpaired) electrons. The van der Waals surface area contributed by atoms with E-state index in [1.807, 2.05) is 13.8 Å². The minimum Gasteiger partial charge on any atom is -0.333 e. The number of hydrogen-bond acceptors (Lipinski definition) is 3. The maximum atomic E-state index is 5.25. The van der Waals surface area contributed by atoms with Crippen LogP contribution in [0.5, 0.6) is 0 Å². The minimum absolute atomic E-state index is 0.140. The number of thiazole rings is 1. The summed E-state index contributed by atoms with van der Waals surface area (Å²) in [6.45, 7) is 8.75. The van der Waals surface area contributed by atoms with E-state index >= 15 is 0 Å². The van der Waals surface area contributed by atoms with Gasteiger partial charge in [-0.2, -0.15) is 0 Å². The summed E-state index contributed by atoms with van der Waals surface area (Å²) in [6, 6.07) is 65.6. The van der Waals surface area contributed by atoms with Crippen molar-refractivity contribution in [2.45, 2.75) is 58.4 Å². The summed E-state index contributed by atoms with van der Waals surface area (Å²) in [7, 11) is 0. The summed E-state index contributed by atoms with van der Waals surface area (Å²) in [5.74, 6) is 0. The number of para-hydroxylation sites is 2. The van der Waals surface area contributed by atoms with Crippen molar-refractivity contribution in [2.24, 2.45) is 0 Å². The van der Waals surface area contributed by atoms with Gasteiger partial charge in [-0.1, -0.05) is 173 Å². The van der Waals surface area contributed by atoms with Crippen molar-refractivity contribution >= 4 is 93.6 Å². The van der Waals surface area contributed by atoms with Gasteiger partial charge in [0.05, 0.1) is 33.1 Å². The zero-order valence-electron chi connectivity index (χ0n) is 40.1. The molecule has 0 fully saturated rings. The molecule has 2 aromatic heterocycles. The Bertz CT molecular complexity index is 3980. The maximum Gasteiger partial charge on any atom is 0.124 e. The van der Waals surface area contributed by atoms with E-state index in [4.69, 9.17) is 4.98 Å². The van der Waals surface area contributed by atoms with Gasteiger partial charge in [0.15, 0.2) is 0 Å². The highest BCUT2D eigenvalue weighted by molar-refractivity contribution is 7.21. The zero-order valence-corrected chi connectivity index (χ0v) is 40.9. The Balaban J connectivity index is 0.00000237. The fourth-order valence-electron chi connectivity index (χ4n) is 11.8. The molecular formula is C66H53N3S. The predicted molar refractivity (Wildman–Crippen MR) is 301 cm³/mol. The Morgan fingerprint density at radius 2 is 1.26 bits per heavy atom. The largest absolute Gasteiger partial charge is 0.333 e. The maximum absolute atomic E-state index is 5.25. The number of benzene rings is 9. The Hall–Kier alpha value is -7.79. The highest BCUT2D eigenvalue weighted by Crippen LogP contribution is 2.53. The molecule has 4 heteroatoms. The van der Waals surface area contributed by atoms with Crippen LogP contribution in [0.15, 0.2) is 200 Å². The van der Waals surface area contributed by atoms with Crippen LogP contribution in [0, 0.1) is 0 Å². The van der Waals surface area contributed by atoms with Crippen LogP contribution < -0.4 is 4.90 Å². The molecule has 9 aromatic carbocycles. The molecule has 0 saturated carbocycles. The van der Waals surface area contributed by atoms with Crippen LogP contribution in [0.4, 0.5) is 17.1 Å². The van der Waals surface area contributed by atoms with Gasteiger partial charge in [0, 0.05) is 33.0 Å². The van der Waals surface area contributed by atoms with Gasteiger partial charge in [-0.15, -0.1) is 11.3 Å². The molecule has 0 amide bonds.